The number of benzene rings is 2. The largest absolute Gasteiger partial charge is 0.334 e. The van der Waals surface area contributed by atoms with Crippen LogP contribution >= 0.6 is 0 Å². The molecule has 142 valence electrons. The highest BCUT2D eigenvalue weighted by atomic mass is 32.2. The Morgan fingerprint density at radius 1 is 1.04 bits per heavy atom. The third kappa shape index (κ3) is 5.04. The van der Waals surface area contributed by atoms with Crippen molar-refractivity contribution >= 4 is 33.2 Å². The number of urea groups is 1. The number of rotatable bonds is 4. The summed E-state index contributed by atoms with van der Waals surface area (Å²) >= 11 is 0. The van der Waals surface area contributed by atoms with Gasteiger partial charge in [-0.1, -0.05) is 18.2 Å². The van der Waals surface area contributed by atoms with Crippen molar-refractivity contribution in [3.63, 3.8) is 0 Å². The van der Waals surface area contributed by atoms with Crippen LogP contribution in [-0.4, -0.2) is 37.9 Å². The maximum atomic E-state index is 13.6. The predicted molar refractivity (Wildman–Crippen MR) is 100 cm³/mol. The van der Waals surface area contributed by atoms with Crippen LogP contribution in [-0.2, 0) is 9.84 Å². The van der Waals surface area contributed by atoms with Crippen LogP contribution in [0.15, 0.2) is 48.5 Å². The van der Waals surface area contributed by atoms with Crippen LogP contribution in [0.1, 0.15) is 16.8 Å². The zero-order chi connectivity index (χ0) is 19.4. The van der Waals surface area contributed by atoms with Gasteiger partial charge in [0.25, 0.3) is 5.91 Å². The average Bonchev–Trinajstić information content (AvgIpc) is 2.95. The highest BCUT2D eigenvalue weighted by Gasteiger charge is 2.28. The van der Waals surface area contributed by atoms with Crippen LogP contribution in [0, 0.1) is 5.82 Å². The highest BCUT2D eigenvalue weighted by molar-refractivity contribution is 7.91. The van der Waals surface area contributed by atoms with Crippen molar-refractivity contribution in [3.8, 4) is 0 Å². The predicted octanol–water partition coefficient (Wildman–Crippen LogP) is 2.39. The number of anilines is 2. The number of carbonyl (C=O) groups excluding carboxylic acids is 2. The van der Waals surface area contributed by atoms with Gasteiger partial charge in [0.1, 0.15) is 5.82 Å². The van der Waals surface area contributed by atoms with E-state index >= 15 is 0 Å². The minimum atomic E-state index is -3.09. The van der Waals surface area contributed by atoms with Gasteiger partial charge in [0.15, 0.2) is 9.84 Å². The fourth-order valence-electron chi connectivity index (χ4n) is 2.76. The summed E-state index contributed by atoms with van der Waals surface area (Å²) in [7, 11) is -3.09. The molecule has 9 heteroatoms. The van der Waals surface area contributed by atoms with Gasteiger partial charge in [-0.3, -0.25) is 4.79 Å². The zero-order valence-corrected chi connectivity index (χ0v) is 15.1. The van der Waals surface area contributed by atoms with Gasteiger partial charge in [-0.15, -0.1) is 0 Å². The second-order valence-electron chi connectivity index (χ2n) is 6.21. The van der Waals surface area contributed by atoms with Gasteiger partial charge < -0.3 is 16.0 Å². The smallest absolute Gasteiger partial charge is 0.319 e. The second-order valence-corrected chi connectivity index (χ2v) is 8.44. The van der Waals surface area contributed by atoms with E-state index in [0.29, 0.717) is 12.1 Å². The van der Waals surface area contributed by atoms with Gasteiger partial charge in [0.2, 0.25) is 0 Å². The molecule has 1 atom stereocenters. The molecule has 0 unspecified atom stereocenters. The van der Waals surface area contributed by atoms with Crippen molar-refractivity contribution in [2.45, 2.75) is 12.5 Å². The quantitative estimate of drug-likeness (QED) is 0.744. The molecule has 0 spiro atoms. The number of carbonyl (C=O) groups is 2. The van der Waals surface area contributed by atoms with E-state index in [9.17, 15) is 22.4 Å². The van der Waals surface area contributed by atoms with Crippen LogP contribution in [0.3, 0.4) is 0 Å². The fourth-order valence-corrected chi connectivity index (χ4v) is 4.43. The van der Waals surface area contributed by atoms with Gasteiger partial charge in [-0.2, -0.15) is 0 Å². The van der Waals surface area contributed by atoms with Crippen molar-refractivity contribution in [2.24, 2.45) is 0 Å². The lowest BCUT2D eigenvalue weighted by Gasteiger charge is -2.13. The molecule has 1 saturated heterocycles. The van der Waals surface area contributed by atoms with Gasteiger partial charge in [-0.25, -0.2) is 17.6 Å². The minimum Gasteiger partial charge on any atom is -0.334 e. The molecule has 7 nitrogen and oxygen atoms in total. The number of hydrogen-bond donors (Lipinski definition) is 3. The number of halogens is 1. The third-order valence-electron chi connectivity index (χ3n) is 4.07. The fraction of sp³-hybridized carbons (Fsp3) is 0.222. The number of sulfone groups is 1. The molecule has 2 aromatic carbocycles. The molecule has 1 fully saturated rings. The summed E-state index contributed by atoms with van der Waals surface area (Å²) in [5.41, 5.74) is 0.648. The number of amides is 3. The van der Waals surface area contributed by atoms with E-state index in [1.165, 1.54) is 30.3 Å². The highest BCUT2D eigenvalue weighted by Crippen LogP contribution is 2.17. The lowest BCUT2D eigenvalue weighted by atomic mass is 10.2. The molecule has 27 heavy (non-hydrogen) atoms. The molecule has 0 radical (unpaired) electrons. The van der Waals surface area contributed by atoms with E-state index in [1.807, 2.05) is 0 Å². The molecule has 1 aliphatic rings. The van der Waals surface area contributed by atoms with Crippen molar-refractivity contribution in [1.29, 1.82) is 0 Å². The first-order chi connectivity index (χ1) is 12.8. The molecule has 0 bridgehead atoms. The first-order valence-electron chi connectivity index (χ1n) is 8.26. The average molecular weight is 391 g/mol. The first kappa shape index (κ1) is 18.8. The Kier molecular flexibility index (Phi) is 5.41. The zero-order valence-electron chi connectivity index (χ0n) is 14.2. The number of para-hydroxylation sites is 1. The molecule has 0 aliphatic carbocycles. The summed E-state index contributed by atoms with van der Waals surface area (Å²) in [6.45, 7) is 0. The molecule has 3 amide bonds. The molecule has 0 aromatic heterocycles. The van der Waals surface area contributed by atoms with E-state index in [-0.39, 0.29) is 22.8 Å². The Bertz CT molecular complexity index is 978. The van der Waals surface area contributed by atoms with Gasteiger partial charge in [0, 0.05) is 17.3 Å². The Hall–Kier alpha value is -2.94. The minimum absolute atomic E-state index is 0.0565. The maximum absolute atomic E-state index is 13.6. The Morgan fingerprint density at radius 3 is 2.52 bits per heavy atom. The van der Waals surface area contributed by atoms with E-state index in [1.54, 1.807) is 18.2 Å². The normalized spacial score (nSPS) is 17.9. The SMILES string of the molecule is O=C(Nc1cccc(C(=O)Nc2ccccc2F)c1)N[C@H]1CCS(=O)(=O)C1. The van der Waals surface area contributed by atoms with Crippen LogP contribution < -0.4 is 16.0 Å². The van der Waals surface area contributed by atoms with Gasteiger partial charge >= 0.3 is 6.03 Å². The summed E-state index contributed by atoms with van der Waals surface area (Å²) in [5, 5.41) is 7.63. The molecule has 3 N–H and O–H groups in total. The Morgan fingerprint density at radius 2 is 1.81 bits per heavy atom. The van der Waals surface area contributed by atoms with E-state index in [4.69, 9.17) is 0 Å². The summed E-state index contributed by atoms with van der Waals surface area (Å²) in [5.74, 6) is -1.09. The van der Waals surface area contributed by atoms with Crippen molar-refractivity contribution < 1.29 is 22.4 Å². The molecule has 0 saturated carbocycles. The Labute approximate surface area is 155 Å². The van der Waals surface area contributed by atoms with Gasteiger partial charge in [0.05, 0.1) is 17.2 Å². The van der Waals surface area contributed by atoms with Crippen molar-refractivity contribution in [1.82, 2.24) is 5.32 Å². The molecule has 1 heterocycles. The molecule has 3 rings (SSSR count). The Balaban J connectivity index is 1.62. The maximum Gasteiger partial charge on any atom is 0.319 e. The van der Waals surface area contributed by atoms with Crippen molar-refractivity contribution in [3.05, 3.63) is 59.9 Å². The number of hydrogen-bond acceptors (Lipinski definition) is 4. The van der Waals surface area contributed by atoms with Crippen LogP contribution in [0.5, 0.6) is 0 Å². The lowest BCUT2D eigenvalue weighted by molar-refractivity contribution is 0.102. The monoisotopic (exact) mass is 391 g/mol. The molecular formula is C18H18FN3O4S. The topological polar surface area (TPSA) is 104 Å². The van der Waals surface area contributed by atoms with E-state index < -0.39 is 33.6 Å². The second kappa shape index (κ2) is 7.75. The standard InChI is InChI=1S/C18H18FN3O4S/c19-15-6-1-2-7-16(15)22-17(23)12-4-3-5-13(10-12)20-18(24)21-14-8-9-27(25,26)11-14/h1-7,10,14H,8-9,11H2,(H,22,23)(H2,20,21,24)/t14-/m0/s1. The van der Waals surface area contributed by atoms with Crippen LogP contribution in [0.25, 0.3) is 0 Å². The van der Waals surface area contributed by atoms with Crippen LogP contribution in [0.2, 0.25) is 0 Å². The van der Waals surface area contributed by atoms with Gasteiger partial charge in [-0.05, 0) is 36.8 Å². The molecule has 2 aromatic rings. The summed E-state index contributed by atoms with van der Waals surface area (Å²) in [4.78, 5) is 24.3. The van der Waals surface area contributed by atoms with E-state index in [0.717, 1.165) is 0 Å². The first-order valence-corrected chi connectivity index (χ1v) is 10.1. The van der Waals surface area contributed by atoms with E-state index in [2.05, 4.69) is 16.0 Å². The summed E-state index contributed by atoms with van der Waals surface area (Å²) < 4.78 is 36.5. The summed E-state index contributed by atoms with van der Waals surface area (Å²) in [6, 6.07) is 11.0. The molecular weight excluding hydrogens is 373 g/mol. The summed E-state index contributed by atoms with van der Waals surface area (Å²) in [6.07, 6.45) is 0.376. The molecule has 1 aliphatic heterocycles. The van der Waals surface area contributed by atoms with Crippen LogP contribution in [0.4, 0.5) is 20.6 Å². The number of nitrogens with one attached hydrogen (secondary N) is 3. The lowest BCUT2D eigenvalue weighted by Crippen LogP contribution is -2.38. The van der Waals surface area contributed by atoms with Crippen molar-refractivity contribution in [2.75, 3.05) is 22.1 Å². The third-order valence-corrected chi connectivity index (χ3v) is 5.84.